The van der Waals surface area contributed by atoms with Gasteiger partial charge in [0.15, 0.2) is 5.82 Å². The molecule has 3 N–H and O–H groups in total. The van der Waals surface area contributed by atoms with E-state index < -0.39 is 0 Å². The summed E-state index contributed by atoms with van der Waals surface area (Å²) in [7, 11) is 0. The lowest BCUT2D eigenvalue weighted by Gasteiger charge is -2.09. The number of nitrogens with two attached hydrogens (primary N) is 1. The minimum absolute atomic E-state index is 0.202. The van der Waals surface area contributed by atoms with E-state index in [1.165, 1.54) is 0 Å². The van der Waals surface area contributed by atoms with Gasteiger partial charge in [-0.15, -0.1) is 0 Å². The van der Waals surface area contributed by atoms with Crippen LogP contribution in [0.4, 0.5) is 5.69 Å². The Bertz CT molecular complexity index is 619. The summed E-state index contributed by atoms with van der Waals surface area (Å²) < 4.78 is 4.83. The first kappa shape index (κ1) is 13.1. The number of rotatable bonds is 3. The number of anilines is 1. The van der Waals surface area contributed by atoms with Crippen LogP contribution in [0, 0.1) is 20.8 Å². The van der Waals surface area contributed by atoms with E-state index >= 15 is 0 Å². The monoisotopic (exact) mass is 260 g/mol. The van der Waals surface area contributed by atoms with Crippen LogP contribution in [0.3, 0.4) is 0 Å². The SMILES string of the molecule is Cc1nc(CNC(=O)c2cc(N)c(C)cc2C)no1. The third-order valence-corrected chi connectivity index (χ3v) is 2.83. The second-order valence-corrected chi connectivity index (χ2v) is 4.44. The van der Waals surface area contributed by atoms with E-state index in [1.54, 1.807) is 13.0 Å². The molecule has 1 amide bonds. The lowest BCUT2D eigenvalue weighted by atomic mass is 10.0. The largest absolute Gasteiger partial charge is 0.398 e. The number of amides is 1. The summed E-state index contributed by atoms with van der Waals surface area (Å²) >= 11 is 0. The number of benzene rings is 1. The Morgan fingerprint density at radius 3 is 2.68 bits per heavy atom. The fraction of sp³-hybridized carbons (Fsp3) is 0.308. The Hall–Kier alpha value is -2.37. The summed E-state index contributed by atoms with van der Waals surface area (Å²) in [4.78, 5) is 16.1. The molecule has 0 atom stereocenters. The van der Waals surface area contributed by atoms with Crippen molar-refractivity contribution in [2.45, 2.75) is 27.3 Å². The fourth-order valence-electron chi connectivity index (χ4n) is 1.78. The number of aryl methyl sites for hydroxylation is 3. The van der Waals surface area contributed by atoms with Gasteiger partial charge in [-0.1, -0.05) is 11.2 Å². The second kappa shape index (κ2) is 5.09. The number of nitrogens with one attached hydrogen (secondary N) is 1. The number of carbonyl (C=O) groups is 1. The van der Waals surface area contributed by atoms with Gasteiger partial charge < -0.3 is 15.6 Å². The second-order valence-electron chi connectivity index (χ2n) is 4.44. The number of nitrogen functional groups attached to an aromatic ring is 1. The molecule has 0 radical (unpaired) electrons. The minimum Gasteiger partial charge on any atom is -0.398 e. The molecule has 1 heterocycles. The molecule has 0 spiro atoms. The van der Waals surface area contributed by atoms with Crippen LogP contribution in [0.25, 0.3) is 0 Å². The van der Waals surface area contributed by atoms with E-state index in [9.17, 15) is 4.79 Å². The average Bonchev–Trinajstić information content (AvgIpc) is 2.77. The van der Waals surface area contributed by atoms with Gasteiger partial charge in [0, 0.05) is 18.2 Å². The standard InChI is InChI=1S/C13H16N4O2/c1-7-4-8(2)11(14)5-10(7)13(18)15-6-12-16-9(3)19-17-12/h4-5H,6,14H2,1-3H3,(H,15,18). The molecule has 6 heteroatoms. The molecule has 0 aliphatic rings. The van der Waals surface area contributed by atoms with Crippen molar-refractivity contribution in [1.82, 2.24) is 15.5 Å². The van der Waals surface area contributed by atoms with Crippen molar-refractivity contribution in [3.05, 3.63) is 40.5 Å². The number of carbonyl (C=O) groups excluding carboxylic acids is 1. The van der Waals surface area contributed by atoms with Crippen molar-refractivity contribution in [3.8, 4) is 0 Å². The molecule has 0 saturated carbocycles. The summed E-state index contributed by atoms with van der Waals surface area (Å²) in [5, 5.41) is 6.45. The van der Waals surface area contributed by atoms with E-state index in [4.69, 9.17) is 10.3 Å². The molecule has 100 valence electrons. The maximum absolute atomic E-state index is 12.1. The van der Waals surface area contributed by atoms with Gasteiger partial charge in [-0.05, 0) is 31.0 Å². The predicted octanol–water partition coefficient (Wildman–Crippen LogP) is 1.51. The smallest absolute Gasteiger partial charge is 0.252 e. The summed E-state index contributed by atoms with van der Waals surface area (Å²) in [5.41, 5.74) is 8.82. The van der Waals surface area contributed by atoms with Crippen molar-refractivity contribution >= 4 is 11.6 Å². The number of hydrogen-bond donors (Lipinski definition) is 2. The van der Waals surface area contributed by atoms with Crippen LogP contribution in [0.15, 0.2) is 16.7 Å². The highest BCUT2D eigenvalue weighted by Crippen LogP contribution is 2.17. The molecule has 0 aliphatic carbocycles. The molecule has 0 aliphatic heterocycles. The van der Waals surface area contributed by atoms with Crippen LogP contribution < -0.4 is 11.1 Å². The highest BCUT2D eigenvalue weighted by Gasteiger charge is 2.12. The van der Waals surface area contributed by atoms with Crippen LogP contribution in [0.5, 0.6) is 0 Å². The summed E-state index contributed by atoms with van der Waals surface area (Å²) in [6, 6.07) is 3.57. The number of nitrogens with zero attached hydrogens (tertiary/aromatic N) is 2. The van der Waals surface area contributed by atoms with Crippen LogP contribution >= 0.6 is 0 Å². The molecule has 19 heavy (non-hydrogen) atoms. The van der Waals surface area contributed by atoms with Gasteiger partial charge in [-0.25, -0.2) is 0 Å². The van der Waals surface area contributed by atoms with Crippen LogP contribution in [0.1, 0.15) is 33.2 Å². The van der Waals surface area contributed by atoms with E-state index in [1.807, 2.05) is 19.9 Å². The third-order valence-electron chi connectivity index (χ3n) is 2.83. The van der Waals surface area contributed by atoms with Gasteiger partial charge >= 0.3 is 0 Å². The molecule has 0 fully saturated rings. The van der Waals surface area contributed by atoms with Crippen molar-refractivity contribution in [2.24, 2.45) is 0 Å². The van der Waals surface area contributed by atoms with Crippen LogP contribution in [-0.2, 0) is 6.54 Å². The Kier molecular flexibility index (Phi) is 3.50. The molecule has 1 aromatic heterocycles. The van der Waals surface area contributed by atoms with Gasteiger partial charge in [0.2, 0.25) is 5.89 Å². The molecular formula is C13H16N4O2. The first-order chi connectivity index (χ1) is 8.97. The first-order valence-electron chi connectivity index (χ1n) is 5.91. The molecule has 0 bridgehead atoms. The zero-order valence-corrected chi connectivity index (χ0v) is 11.2. The maximum atomic E-state index is 12.1. The fourth-order valence-corrected chi connectivity index (χ4v) is 1.78. The predicted molar refractivity (Wildman–Crippen MR) is 70.5 cm³/mol. The van der Waals surface area contributed by atoms with Crippen molar-refractivity contribution < 1.29 is 9.32 Å². The number of aromatic nitrogens is 2. The third kappa shape index (κ3) is 2.90. The molecule has 1 aromatic carbocycles. The zero-order valence-electron chi connectivity index (χ0n) is 11.2. The van der Waals surface area contributed by atoms with Crippen LogP contribution in [-0.4, -0.2) is 16.0 Å². The maximum Gasteiger partial charge on any atom is 0.252 e. The Morgan fingerprint density at radius 2 is 2.05 bits per heavy atom. The van der Waals surface area contributed by atoms with Gasteiger partial charge in [0.1, 0.15) is 0 Å². The molecule has 0 unspecified atom stereocenters. The van der Waals surface area contributed by atoms with Crippen molar-refractivity contribution in [1.29, 1.82) is 0 Å². The Labute approximate surface area is 111 Å². The molecule has 0 saturated heterocycles. The highest BCUT2D eigenvalue weighted by atomic mass is 16.5. The van der Waals surface area contributed by atoms with Crippen LogP contribution in [0.2, 0.25) is 0 Å². The zero-order chi connectivity index (χ0) is 14.0. The number of hydrogen-bond acceptors (Lipinski definition) is 5. The Balaban J connectivity index is 2.10. The van der Waals surface area contributed by atoms with Crippen molar-refractivity contribution in [3.63, 3.8) is 0 Å². The average molecular weight is 260 g/mol. The normalized spacial score (nSPS) is 10.5. The molecule has 2 aromatic rings. The topological polar surface area (TPSA) is 94.0 Å². The van der Waals surface area contributed by atoms with Gasteiger partial charge in [0.25, 0.3) is 5.91 Å². The first-order valence-corrected chi connectivity index (χ1v) is 5.91. The van der Waals surface area contributed by atoms with E-state index in [0.29, 0.717) is 23.0 Å². The van der Waals surface area contributed by atoms with E-state index in [2.05, 4.69) is 15.5 Å². The van der Waals surface area contributed by atoms with E-state index in [-0.39, 0.29) is 12.5 Å². The van der Waals surface area contributed by atoms with Gasteiger partial charge in [0.05, 0.1) is 6.54 Å². The summed E-state index contributed by atoms with van der Waals surface area (Å²) in [5.74, 6) is 0.718. The van der Waals surface area contributed by atoms with Gasteiger partial charge in [-0.3, -0.25) is 4.79 Å². The molecule has 6 nitrogen and oxygen atoms in total. The summed E-state index contributed by atoms with van der Waals surface area (Å²) in [6.45, 7) is 5.71. The van der Waals surface area contributed by atoms with Crippen molar-refractivity contribution in [2.75, 3.05) is 5.73 Å². The highest BCUT2D eigenvalue weighted by molar-refractivity contribution is 5.96. The lowest BCUT2D eigenvalue weighted by Crippen LogP contribution is -2.24. The molecule has 2 rings (SSSR count). The van der Waals surface area contributed by atoms with Gasteiger partial charge in [-0.2, -0.15) is 4.98 Å². The quantitative estimate of drug-likeness (QED) is 0.816. The molecular weight excluding hydrogens is 244 g/mol. The summed E-state index contributed by atoms with van der Waals surface area (Å²) in [6.07, 6.45) is 0. The lowest BCUT2D eigenvalue weighted by molar-refractivity contribution is 0.0949. The Morgan fingerprint density at radius 1 is 1.32 bits per heavy atom. The van der Waals surface area contributed by atoms with E-state index in [0.717, 1.165) is 11.1 Å². The minimum atomic E-state index is -0.202.